The molecule has 1 saturated carbocycles. The van der Waals surface area contributed by atoms with Crippen molar-refractivity contribution < 1.29 is 8.42 Å². The number of hydrogen-bond donors (Lipinski definition) is 3. The van der Waals surface area contributed by atoms with Gasteiger partial charge in [0, 0.05) is 31.2 Å². The Hall–Kier alpha value is -1.69. The second kappa shape index (κ2) is 7.53. The number of halogens is 1. The van der Waals surface area contributed by atoms with Gasteiger partial charge in [-0.05, 0) is 25.8 Å². The molecular formula is C17H25ClN8O2S. The lowest BCUT2D eigenvalue weighted by Gasteiger charge is -2.44. The molecule has 2 unspecified atom stereocenters. The van der Waals surface area contributed by atoms with Gasteiger partial charge in [0.15, 0.2) is 10.8 Å². The number of sulfonamides is 1. The van der Waals surface area contributed by atoms with Gasteiger partial charge in [-0.1, -0.05) is 24.4 Å². The molecule has 0 spiro atoms. The Labute approximate surface area is 174 Å². The number of hydrogen-bond acceptors (Lipinski definition) is 8. The van der Waals surface area contributed by atoms with E-state index in [0.29, 0.717) is 34.8 Å². The van der Waals surface area contributed by atoms with Crippen molar-refractivity contribution in [3.8, 4) is 0 Å². The Kier molecular flexibility index (Phi) is 5.01. The zero-order valence-electron chi connectivity index (χ0n) is 16.0. The maximum atomic E-state index is 12.4. The zero-order valence-corrected chi connectivity index (χ0v) is 17.6. The SMILES string of the molecule is O=S(=O)(CCNc1nc(N2CC3NCCC32)nc2cc(Cl)nn12)NC1CCCC1. The fourth-order valence-corrected chi connectivity index (χ4v) is 5.90. The van der Waals surface area contributed by atoms with E-state index < -0.39 is 10.0 Å². The summed E-state index contributed by atoms with van der Waals surface area (Å²) in [4.78, 5) is 11.4. The van der Waals surface area contributed by atoms with E-state index in [2.05, 4.69) is 35.3 Å². The van der Waals surface area contributed by atoms with Gasteiger partial charge < -0.3 is 15.5 Å². The summed E-state index contributed by atoms with van der Waals surface area (Å²) in [6.07, 6.45) is 5.07. The van der Waals surface area contributed by atoms with Crippen molar-refractivity contribution in [1.29, 1.82) is 0 Å². The van der Waals surface area contributed by atoms with Gasteiger partial charge in [0.25, 0.3) is 0 Å². The van der Waals surface area contributed by atoms with Gasteiger partial charge in [-0.15, -0.1) is 0 Å². The lowest BCUT2D eigenvalue weighted by Crippen LogP contribution is -2.61. The summed E-state index contributed by atoms with van der Waals surface area (Å²) in [5.74, 6) is 1.04. The van der Waals surface area contributed by atoms with Crippen LogP contribution in [-0.4, -0.2) is 71.5 Å². The van der Waals surface area contributed by atoms with E-state index in [1.165, 1.54) is 4.52 Å². The van der Waals surface area contributed by atoms with E-state index in [9.17, 15) is 8.42 Å². The fourth-order valence-electron chi connectivity index (χ4n) is 4.50. The summed E-state index contributed by atoms with van der Waals surface area (Å²) in [5.41, 5.74) is 0.587. The highest BCUT2D eigenvalue weighted by Gasteiger charge is 2.43. The van der Waals surface area contributed by atoms with Crippen LogP contribution in [0, 0.1) is 0 Å². The van der Waals surface area contributed by atoms with Crippen LogP contribution in [0.4, 0.5) is 11.9 Å². The largest absolute Gasteiger partial charge is 0.353 e. The van der Waals surface area contributed by atoms with Crippen LogP contribution < -0.4 is 20.3 Å². The van der Waals surface area contributed by atoms with Gasteiger partial charge in [0.05, 0.1) is 11.8 Å². The molecule has 2 aromatic heterocycles. The minimum Gasteiger partial charge on any atom is -0.353 e. The zero-order chi connectivity index (χ0) is 20.0. The van der Waals surface area contributed by atoms with E-state index in [0.717, 1.165) is 45.2 Å². The molecule has 2 aromatic rings. The highest BCUT2D eigenvalue weighted by atomic mass is 35.5. The molecule has 10 nitrogen and oxygen atoms in total. The Bertz CT molecular complexity index is 1010. The maximum absolute atomic E-state index is 12.4. The number of aromatic nitrogens is 4. The molecule has 29 heavy (non-hydrogen) atoms. The van der Waals surface area contributed by atoms with Crippen molar-refractivity contribution >= 4 is 39.2 Å². The molecule has 0 amide bonds. The molecule has 3 fully saturated rings. The van der Waals surface area contributed by atoms with Gasteiger partial charge in [-0.3, -0.25) is 0 Å². The predicted octanol–water partition coefficient (Wildman–Crippen LogP) is 0.602. The second-order valence-corrected chi connectivity index (χ2v) is 10.3. The van der Waals surface area contributed by atoms with Gasteiger partial charge in [0.2, 0.25) is 21.9 Å². The maximum Gasteiger partial charge on any atom is 0.231 e. The molecular weight excluding hydrogens is 416 g/mol. The van der Waals surface area contributed by atoms with Crippen LogP contribution in [0.1, 0.15) is 32.1 Å². The highest BCUT2D eigenvalue weighted by Crippen LogP contribution is 2.30. The summed E-state index contributed by atoms with van der Waals surface area (Å²) in [5, 5.41) is 11.1. The standard InChI is InChI=1S/C17H25ClN8O2S/c18-14-9-15-21-17(25-10-12-13(25)5-6-19-12)22-16(26(15)23-14)20-7-8-29(27,28)24-11-3-1-2-4-11/h9,11-13,19,24H,1-8,10H2,(H,20,21,22). The molecule has 1 aliphatic carbocycles. The quantitative estimate of drug-likeness (QED) is 0.573. The van der Waals surface area contributed by atoms with Crippen LogP contribution in [0.15, 0.2) is 6.07 Å². The van der Waals surface area contributed by atoms with E-state index in [1.807, 2.05) is 0 Å². The van der Waals surface area contributed by atoms with Gasteiger partial charge >= 0.3 is 0 Å². The molecule has 158 valence electrons. The molecule has 5 rings (SSSR count). The molecule has 2 aliphatic heterocycles. The summed E-state index contributed by atoms with van der Waals surface area (Å²) >= 11 is 6.07. The van der Waals surface area contributed by atoms with E-state index in [-0.39, 0.29) is 18.3 Å². The van der Waals surface area contributed by atoms with Crippen molar-refractivity contribution in [1.82, 2.24) is 29.6 Å². The van der Waals surface area contributed by atoms with Crippen LogP contribution in [0.2, 0.25) is 5.15 Å². The Morgan fingerprint density at radius 1 is 1.24 bits per heavy atom. The van der Waals surface area contributed by atoms with Crippen molar-refractivity contribution in [2.75, 3.05) is 35.6 Å². The van der Waals surface area contributed by atoms with Crippen LogP contribution in [-0.2, 0) is 10.0 Å². The first-order valence-electron chi connectivity index (χ1n) is 10.2. The third-order valence-corrected chi connectivity index (χ3v) is 7.62. The van der Waals surface area contributed by atoms with E-state index in [1.54, 1.807) is 6.07 Å². The number of fused-ring (bicyclic) bond motifs is 2. The first-order valence-corrected chi connectivity index (χ1v) is 12.2. The normalized spacial score (nSPS) is 24.8. The number of rotatable bonds is 7. The topological polar surface area (TPSA) is 117 Å². The molecule has 2 saturated heterocycles. The molecule has 3 N–H and O–H groups in total. The average molecular weight is 441 g/mol. The van der Waals surface area contributed by atoms with Crippen molar-refractivity contribution in [2.45, 2.75) is 50.2 Å². The molecule has 12 heteroatoms. The number of nitrogens with zero attached hydrogens (tertiary/aromatic N) is 5. The first-order chi connectivity index (χ1) is 14.0. The third-order valence-electron chi connectivity index (χ3n) is 6.00. The smallest absolute Gasteiger partial charge is 0.231 e. The fraction of sp³-hybridized carbons (Fsp3) is 0.706. The van der Waals surface area contributed by atoms with Gasteiger partial charge in [-0.25, -0.2) is 13.1 Å². The van der Waals surface area contributed by atoms with Crippen molar-refractivity contribution in [2.24, 2.45) is 0 Å². The van der Waals surface area contributed by atoms with Crippen LogP contribution >= 0.6 is 11.6 Å². The van der Waals surface area contributed by atoms with Crippen LogP contribution in [0.5, 0.6) is 0 Å². The Morgan fingerprint density at radius 3 is 2.86 bits per heavy atom. The number of nitrogens with one attached hydrogen (secondary N) is 3. The van der Waals surface area contributed by atoms with Crippen molar-refractivity contribution in [3.63, 3.8) is 0 Å². The summed E-state index contributed by atoms with van der Waals surface area (Å²) in [6, 6.07) is 2.65. The predicted molar refractivity (Wildman–Crippen MR) is 111 cm³/mol. The molecule has 0 radical (unpaired) electrons. The minimum absolute atomic E-state index is 0.0301. The third kappa shape index (κ3) is 3.88. The molecule has 3 aliphatic rings. The average Bonchev–Trinajstić information content (AvgIpc) is 3.35. The monoisotopic (exact) mass is 440 g/mol. The Balaban J connectivity index is 1.31. The van der Waals surface area contributed by atoms with E-state index in [4.69, 9.17) is 11.6 Å². The second-order valence-electron chi connectivity index (χ2n) is 8.00. The van der Waals surface area contributed by atoms with E-state index >= 15 is 0 Å². The summed E-state index contributed by atoms with van der Waals surface area (Å²) < 4.78 is 29.0. The highest BCUT2D eigenvalue weighted by molar-refractivity contribution is 7.89. The van der Waals surface area contributed by atoms with Crippen molar-refractivity contribution in [3.05, 3.63) is 11.2 Å². The Morgan fingerprint density at radius 2 is 2.07 bits per heavy atom. The molecule has 0 aromatic carbocycles. The van der Waals surface area contributed by atoms with Gasteiger partial charge in [0.1, 0.15) is 0 Å². The number of anilines is 2. The molecule has 0 bridgehead atoms. The molecule has 4 heterocycles. The van der Waals surface area contributed by atoms with Gasteiger partial charge in [-0.2, -0.15) is 19.6 Å². The molecule has 2 atom stereocenters. The summed E-state index contributed by atoms with van der Waals surface area (Å²) in [7, 11) is -3.35. The van der Waals surface area contributed by atoms with Crippen LogP contribution in [0.3, 0.4) is 0 Å². The summed E-state index contributed by atoms with van der Waals surface area (Å²) in [6.45, 7) is 2.09. The lowest BCUT2D eigenvalue weighted by atomic mass is 9.99. The lowest BCUT2D eigenvalue weighted by molar-refractivity contribution is 0.389. The van der Waals surface area contributed by atoms with Crippen LogP contribution in [0.25, 0.3) is 5.65 Å². The first kappa shape index (κ1) is 19.3. The minimum atomic E-state index is -3.35.